The minimum absolute atomic E-state index is 0.363. The molecular formula is C20H16O3. The fourth-order valence-corrected chi connectivity index (χ4v) is 4.11. The van der Waals surface area contributed by atoms with Crippen molar-refractivity contribution in [1.29, 1.82) is 0 Å². The Balaban J connectivity index is 1.99. The van der Waals surface area contributed by atoms with Crippen molar-refractivity contribution in [2.24, 2.45) is 0 Å². The van der Waals surface area contributed by atoms with Gasteiger partial charge in [-0.3, -0.25) is 0 Å². The zero-order valence-electron chi connectivity index (χ0n) is 12.4. The largest absolute Gasteiger partial charge is 0.390 e. The van der Waals surface area contributed by atoms with E-state index in [2.05, 4.69) is 42.5 Å². The Labute approximate surface area is 132 Å². The first kappa shape index (κ1) is 13.3. The minimum Gasteiger partial charge on any atom is -0.390 e. The molecule has 3 heteroatoms. The molecule has 114 valence electrons. The molecule has 0 aromatic heterocycles. The topological polar surface area (TPSA) is 60.7 Å². The highest BCUT2D eigenvalue weighted by molar-refractivity contribution is 6.23. The van der Waals surface area contributed by atoms with Crippen LogP contribution in [0.5, 0.6) is 0 Å². The predicted molar refractivity (Wildman–Crippen MR) is 90.8 cm³/mol. The van der Waals surface area contributed by atoms with Crippen LogP contribution in [0.3, 0.4) is 0 Å². The number of hydrogen-bond donors (Lipinski definition) is 3. The molecule has 23 heavy (non-hydrogen) atoms. The Kier molecular flexibility index (Phi) is 2.55. The molecule has 4 aromatic rings. The summed E-state index contributed by atoms with van der Waals surface area (Å²) >= 11 is 0. The molecule has 0 saturated heterocycles. The lowest BCUT2D eigenvalue weighted by atomic mass is 9.80. The first-order valence-corrected chi connectivity index (χ1v) is 7.88. The van der Waals surface area contributed by atoms with E-state index >= 15 is 0 Å². The lowest BCUT2D eigenvalue weighted by Crippen LogP contribution is -2.38. The summed E-state index contributed by atoms with van der Waals surface area (Å²) in [5.41, 5.74) is 1.68. The van der Waals surface area contributed by atoms with Gasteiger partial charge in [0.05, 0.1) is 6.10 Å². The second-order valence-electron chi connectivity index (χ2n) is 6.51. The highest BCUT2D eigenvalue weighted by Gasteiger charge is 2.34. The van der Waals surface area contributed by atoms with E-state index in [1.54, 1.807) is 0 Å². The summed E-state index contributed by atoms with van der Waals surface area (Å²) in [5.74, 6) is 0. The maximum Gasteiger partial charge on any atom is 0.110 e. The molecule has 3 N–H and O–H groups in total. The highest BCUT2D eigenvalue weighted by Crippen LogP contribution is 2.41. The fourth-order valence-electron chi connectivity index (χ4n) is 4.11. The number of fused-ring (bicyclic) bond motifs is 2. The molecule has 3 atom stereocenters. The van der Waals surface area contributed by atoms with Crippen LogP contribution in [0.2, 0.25) is 0 Å². The van der Waals surface area contributed by atoms with E-state index in [4.69, 9.17) is 0 Å². The van der Waals surface area contributed by atoms with Crippen LogP contribution in [-0.4, -0.2) is 27.5 Å². The van der Waals surface area contributed by atoms with Gasteiger partial charge in [-0.25, -0.2) is 0 Å². The fraction of sp³-hybridized carbons (Fsp3) is 0.200. The predicted octanol–water partition coefficient (Wildman–Crippen LogP) is 2.90. The average molecular weight is 304 g/mol. The maximum absolute atomic E-state index is 10.4. The third-order valence-corrected chi connectivity index (χ3v) is 5.24. The molecule has 1 aliphatic rings. The molecule has 5 rings (SSSR count). The van der Waals surface area contributed by atoms with E-state index in [-0.39, 0.29) is 0 Å². The minimum atomic E-state index is -1.13. The summed E-state index contributed by atoms with van der Waals surface area (Å²) in [6.07, 6.45) is -2.75. The summed E-state index contributed by atoms with van der Waals surface area (Å²) in [4.78, 5) is 0. The number of hydrogen-bond acceptors (Lipinski definition) is 3. The Hall–Kier alpha value is -2.20. The van der Waals surface area contributed by atoms with Crippen molar-refractivity contribution in [2.45, 2.75) is 24.7 Å². The summed E-state index contributed by atoms with van der Waals surface area (Å²) in [5, 5.41) is 37.4. The quantitative estimate of drug-likeness (QED) is 0.438. The van der Waals surface area contributed by atoms with Crippen LogP contribution in [0, 0.1) is 0 Å². The molecule has 0 fully saturated rings. The van der Waals surface area contributed by atoms with E-state index in [1.165, 1.54) is 21.5 Å². The molecule has 1 aliphatic carbocycles. The van der Waals surface area contributed by atoms with Gasteiger partial charge in [-0.1, -0.05) is 42.5 Å². The Morgan fingerprint density at radius 2 is 1.48 bits per heavy atom. The summed E-state index contributed by atoms with van der Waals surface area (Å²) in [7, 11) is 0. The van der Waals surface area contributed by atoms with Gasteiger partial charge in [-0.15, -0.1) is 0 Å². The molecule has 0 radical (unpaired) electrons. The molecule has 0 spiro atoms. The first-order valence-electron chi connectivity index (χ1n) is 7.88. The normalized spacial score (nSPS) is 24.6. The van der Waals surface area contributed by atoms with Gasteiger partial charge in [0, 0.05) is 6.42 Å². The van der Waals surface area contributed by atoms with Crippen LogP contribution in [-0.2, 0) is 6.42 Å². The first-order chi connectivity index (χ1) is 11.1. The Bertz CT molecular complexity index is 1040. The second kappa shape index (κ2) is 4.42. The number of aliphatic hydroxyl groups is 3. The van der Waals surface area contributed by atoms with Gasteiger partial charge in [0.2, 0.25) is 0 Å². The van der Waals surface area contributed by atoms with Gasteiger partial charge in [0.1, 0.15) is 12.2 Å². The van der Waals surface area contributed by atoms with Gasteiger partial charge in [0.25, 0.3) is 0 Å². The maximum atomic E-state index is 10.4. The Morgan fingerprint density at radius 1 is 0.783 bits per heavy atom. The van der Waals surface area contributed by atoms with Crippen molar-refractivity contribution in [1.82, 2.24) is 0 Å². The average Bonchev–Trinajstić information content (AvgIpc) is 2.58. The van der Waals surface area contributed by atoms with E-state index in [0.717, 1.165) is 21.9 Å². The standard InChI is InChI=1S/C20H16O3/c21-16-9-14-13-7-6-11-3-1-2-10-4-5-12(18(13)17(10)11)8-15(14)19(22)20(16)23/h1-8,16,19-23H,9H2/t16-,19+,20+/m0/s1. The van der Waals surface area contributed by atoms with Gasteiger partial charge >= 0.3 is 0 Å². The highest BCUT2D eigenvalue weighted by atomic mass is 16.4. The van der Waals surface area contributed by atoms with Crippen molar-refractivity contribution in [3.8, 4) is 0 Å². The molecule has 0 bridgehead atoms. The molecule has 0 aliphatic heterocycles. The third kappa shape index (κ3) is 1.64. The lowest BCUT2D eigenvalue weighted by molar-refractivity contribution is -0.0682. The van der Waals surface area contributed by atoms with Crippen LogP contribution in [0.1, 0.15) is 17.2 Å². The van der Waals surface area contributed by atoms with Gasteiger partial charge in [-0.2, -0.15) is 0 Å². The van der Waals surface area contributed by atoms with Crippen molar-refractivity contribution in [2.75, 3.05) is 0 Å². The van der Waals surface area contributed by atoms with Crippen molar-refractivity contribution >= 4 is 32.3 Å². The van der Waals surface area contributed by atoms with Crippen LogP contribution in [0.4, 0.5) is 0 Å². The number of rotatable bonds is 0. The molecule has 0 heterocycles. The Morgan fingerprint density at radius 3 is 2.26 bits per heavy atom. The van der Waals surface area contributed by atoms with Gasteiger partial charge in [0.15, 0.2) is 0 Å². The molecule has 0 unspecified atom stereocenters. The van der Waals surface area contributed by atoms with Crippen molar-refractivity contribution in [3.05, 3.63) is 59.7 Å². The van der Waals surface area contributed by atoms with E-state index in [9.17, 15) is 15.3 Å². The zero-order valence-corrected chi connectivity index (χ0v) is 12.4. The monoisotopic (exact) mass is 304 g/mol. The smallest absolute Gasteiger partial charge is 0.110 e. The lowest BCUT2D eigenvalue weighted by Gasteiger charge is -2.32. The molecule has 0 amide bonds. The van der Waals surface area contributed by atoms with Gasteiger partial charge < -0.3 is 15.3 Å². The van der Waals surface area contributed by atoms with Crippen LogP contribution in [0.25, 0.3) is 32.3 Å². The SMILES string of the molecule is O[C@H]1[C@H](O)c2cc3ccc4cccc5ccc(c2C[C@@H]1O)c3c45. The van der Waals surface area contributed by atoms with E-state index < -0.39 is 18.3 Å². The molecular weight excluding hydrogens is 288 g/mol. The van der Waals surface area contributed by atoms with Crippen molar-refractivity contribution < 1.29 is 15.3 Å². The number of benzene rings is 4. The summed E-state index contributed by atoms with van der Waals surface area (Å²) in [6.45, 7) is 0. The van der Waals surface area contributed by atoms with E-state index in [1.807, 2.05) is 6.07 Å². The van der Waals surface area contributed by atoms with Crippen LogP contribution >= 0.6 is 0 Å². The van der Waals surface area contributed by atoms with E-state index in [0.29, 0.717) is 6.42 Å². The van der Waals surface area contributed by atoms with Crippen LogP contribution in [0.15, 0.2) is 48.5 Å². The van der Waals surface area contributed by atoms with Crippen LogP contribution < -0.4 is 0 Å². The summed E-state index contributed by atoms with van der Waals surface area (Å²) < 4.78 is 0. The van der Waals surface area contributed by atoms with Gasteiger partial charge in [-0.05, 0) is 49.5 Å². The molecule has 4 aromatic carbocycles. The third-order valence-electron chi connectivity index (χ3n) is 5.24. The second-order valence-corrected chi connectivity index (χ2v) is 6.51. The number of aliphatic hydroxyl groups excluding tert-OH is 3. The molecule has 3 nitrogen and oxygen atoms in total. The van der Waals surface area contributed by atoms with Crippen molar-refractivity contribution in [3.63, 3.8) is 0 Å². The molecule has 0 saturated carbocycles. The summed E-state index contributed by atoms with van der Waals surface area (Å²) in [6, 6.07) is 16.5. The zero-order chi connectivity index (χ0) is 15.7.